The highest BCUT2D eigenvalue weighted by Gasteiger charge is 2.21. The van der Waals surface area contributed by atoms with Crippen molar-refractivity contribution in [3.8, 4) is 10.4 Å². The number of aryl methyl sites for hydroxylation is 1. The zero-order valence-electron chi connectivity index (χ0n) is 15.7. The average molecular weight is 417 g/mol. The van der Waals surface area contributed by atoms with Gasteiger partial charge in [-0.3, -0.25) is 19.2 Å². The largest absolute Gasteiger partial charge is 0.481 e. The number of nitrogens with two attached hydrogens (primary N) is 1. The fraction of sp³-hybridized carbons (Fsp3) is 0.300. The molecule has 3 amide bonds. The molecule has 0 aliphatic carbocycles. The first kappa shape index (κ1) is 22.1. The van der Waals surface area contributed by atoms with Gasteiger partial charge in [-0.2, -0.15) is 0 Å². The second kappa shape index (κ2) is 11.0. The highest BCUT2D eigenvalue weighted by molar-refractivity contribution is 7.13. The first-order valence-corrected chi connectivity index (χ1v) is 9.93. The first-order chi connectivity index (χ1) is 13.8. The highest BCUT2D eigenvalue weighted by Crippen LogP contribution is 2.24. The van der Waals surface area contributed by atoms with Crippen LogP contribution in [0.2, 0.25) is 0 Å². The number of carboxylic acids is 1. The standard InChI is InChI=1S/C20H23N3O5S/c21-17(24)12-22-20(28)15(8-10-19(26)27)23-18(25)9-5-13-3-6-14(7-4-13)16-2-1-11-29-16/h1-4,6-7,11,15H,5,8-10,12H2,(H2,21,24)(H,22,28)(H,23,25)(H,26,27)/t15-/m0/s1. The van der Waals surface area contributed by atoms with Crippen LogP contribution in [0.4, 0.5) is 0 Å². The Kier molecular flexibility index (Phi) is 8.35. The third kappa shape index (κ3) is 7.74. The van der Waals surface area contributed by atoms with Crippen molar-refractivity contribution < 1.29 is 24.3 Å². The Morgan fingerprint density at radius 2 is 1.79 bits per heavy atom. The van der Waals surface area contributed by atoms with Crippen LogP contribution in [0.15, 0.2) is 41.8 Å². The van der Waals surface area contributed by atoms with Crippen molar-refractivity contribution in [1.82, 2.24) is 10.6 Å². The van der Waals surface area contributed by atoms with Crippen molar-refractivity contribution in [2.45, 2.75) is 31.7 Å². The minimum Gasteiger partial charge on any atom is -0.481 e. The van der Waals surface area contributed by atoms with E-state index in [4.69, 9.17) is 10.8 Å². The number of carboxylic acid groups (broad SMARTS) is 1. The lowest BCUT2D eigenvalue weighted by molar-refractivity contribution is -0.138. The Bertz CT molecular complexity index is 850. The smallest absolute Gasteiger partial charge is 0.303 e. The number of nitrogens with one attached hydrogen (secondary N) is 2. The van der Waals surface area contributed by atoms with Crippen molar-refractivity contribution >= 4 is 35.0 Å². The monoisotopic (exact) mass is 417 g/mol. The van der Waals surface area contributed by atoms with Crippen LogP contribution >= 0.6 is 11.3 Å². The maximum atomic E-state index is 12.2. The van der Waals surface area contributed by atoms with Crippen LogP contribution in [-0.4, -0.2) is 41.4 Å². The third-order valence-corrected chi connectivity index (χ3v) is 5.05. The van der Waals surface area contributed by atoms with E-state index >= 15 is 0 Å². The number of hydrogen-bond acceptors (Lipinski definition) is 5. The van der Waals surface area contributed by atoms with Gasteiger partial charge in [0.2, 0.25) is 17.7 Å². The molecule has 29 heavy (non-hydrogen) atoms. The number of rotatable bonds is 11. The van der Waals surface area contributed by atoms with E-state index in [1.165, 1.54) is 0 Å². The molecule has 0 aliphatic heterocycles. The van der Waals surface area contributed by atoms with Crippen molar-refractivity contribution in [2.24, 2.45) is 5.73 Å². The minimum absolute atomic E-state index is 0.0822. The fourth-order valence-corrected chi connectivity index (χ4v) is 3.37. The Morgan fingerprint density at radius 1 is 1.07 bits per heavy atom. The van der Waals surface area contributed by atoms with Crippen LogP contribution in [0.25, 0.3) is 10.4 Å². The van der Waals surface area contributed by atoms with Crippen molar-refractivity contribution in [1.29, 1.82) is 0 Å². The number of aliphatic carboxylic acids is 1. The zero-order chi connectivity index (χ0) is 21.2. The number of thiophene rings is 1. The van der Waals surface area contributed by atoms with E-state index in [0.29, 0.717) is 6.42 Å². The maximum absolute atomic E-state index is 12.2. The molecule has 0 saturated heterocycles. The predicted molar refractivity (Wildman–Crippen MR) is 109 cm³/mol. The maximum Gasteiger partial charge on any atom is 0.303 e. The van der Waals surface area contributed by atoms with Gasteiger partial charge in [0.05, 0.1) is 6.54 Å². The average Bonchev–Trinajstić information content (AvgIpc) is 3.22. The van der Waals surface area contributed by atoms with Gasteiger partial charge in [-0.15, -0.1) is 11.3 Å². The van der Waals surface area contributed by atoms with Crippen molar-refractivity contribution in [2.75, 3.05) is 6.54 Å². The molecule has 0 radical (unpaired) electrons. The van der Waals surface area contributed by atoms with Crippen LogP contribution in [0, 0.1) is 0 Å². The summed E-state index contributed by atoms with van der Waals surface area (Å²) in [6, 6.07) is 10.9. The van der Waals surface area contributed by atoms with E-state index in [9.17, 15) is 19.2 Å². The van der Waals surface area contributed by atoms with Crippen LogP contribution in [0.5, 0.6) is 0 Å². The third-order valence-electron chi connectivity index (χ3n) is 4.14. The van der Waals surface area contributed by atoms with Gasteiger partial charge >= 0.3 is 5.97 Å². The quantitative estimate of drug-likeness (QED) is 0.436. The molecule has 0 fully saturated rings. The molecule has 9 heteroatoms. The molecule has 0 spiro atoms. The van der Waals surface area contributed by atoms with E-state index in [2.05, 4.69) is 10.6 Å². The first-order valence-electron chi connectivity index (χ1n) is 9.05. The van der Waals surface area contributed by atoms with E-state index in [1.54, 1.807) is 11.3 Å². The lowest BCUT2D eigenvalue weighted by Crippen LogP contribution is -2.48. The topological polar surface area (TPSA) is 139 Å². The number of carbonyl (C=O) groups is 4. The van der Waals surface area contributed by atoms with Gasteiger partial charge < -0.3 is 21.5 Å². The van der Waals surface area contributed by atoms with E-state index in [1.807, 2.05) is 41.8 Å². The number of primary amides is 1. The van der Waals surface area contributed by atoms with Gasteiger partial charge in [0, 0.05) is 17.7 Å². The number of carbonyl (C=O) groups excluding carboxylic acids is 3. The Morgan fingerprint density at radius 3 is 2.38 bits per heavy atom. The number of amides is 3. The molecule has 2 aromatic rings. The normalized spacial score (nSPS) is 11.4. The molecule has 0 aliphatic rings. The van der Waals surface area contributed by atoms with Gasteiger partial charge in [-0.05, 0) is 35.4 Å². The zero-order valence-corrected chi connectivity index (χ0v) is 16.5. The molecule has 2 rings (SSSR count). The van der Waals surface area contributed by atoms with Gasteiger partial charge in [-0.1, -0.05) is 30.3 Å². The van der Waals surface area contributed by atoms with Gasteiger partial charge in [0.25, 0.3) is 0 Å². The number of benzene rings is 1. The molecule has 8 nitrogen and oxygen atoms in total. The fourth-order valence-electron chi connectivity index (χ4n) is 2.64. The minimum atomic E-state index is -1.09. The van der Waals surface area contributed by atoms with Crippen LogP contribution in [0.1, 0.15) is 24.8 Å². The SMILES string of the molecule is NC(=O)CNC(=O)[C@H](CCC(=O)O)NC(=O)CCc1ccc(-c2cccs2)cc1. The van der Waals surface area contributed by atoms with E-state index in [0.717, 1.165) is 16.0 Å². The van der Waals surface area contributed by atoms with Crippen LogP contribution in [-0.2, 0) is 25.6 Å². The molecule has 1 atom stereocenters. The molecular formula is C20H23N3O5S. The molecule has 5 N–H and O–H groups in total. The molecule has 0 bridgehead atoms. The highest BCUT2D eigenvalue weighted by atomic mass is 32.1. The summed E-state index contributed by atoms with van der Waals surface area (Å²) in [5, 5.41) is 15.6. The van der Waals surface area contributed by atoms with Gasteiger partial charge in [0.15, 0.2) is 0 Å². The molecular weight excluding hydrogens is 394 g/mol. The van der Waals surface area contributed by atoms with Gasteiger partial charge in [0.1, 0.15) is 6.04 Å². The summed E-state index contributed by atoms with van der Waals surface area (Å²) < 4.78 is 0. The summed E-state index contributed by atoms with van der Waals surface area (Å²) in [5.74, 6) is -2.83. The Labute approximate surface area is 172 Å². The van der Waals surface area contributed by atoms with E-state index in [-0.39, 0.29) is 31.7 Å². The summed E-state index contributed by atoms with van der Waals surface area (Å²) in [6.45, 7) is -0.380. The van der Waals surface area contributed by atoms with Gasteiger partial charge in [-0.25, -0.2) is 0 Å². The summed E-state index contributed by atoms with van der Waals surface area (Å²) in [6.07, 6.45) is 0.246. The van der Waals surface area contributed by atoms with Crippen LogP contribution in [0.3, 0.4) is 0 Å². The summed E-state index contributed by atoms with van der Waals surface area (Å²) in [5.41, 5.74) is 7.06. The molecule has 0 saturated carbocycles. The van der Waals surface area contributed by atoms with Crippen molar-refractivity contribution in [3.05, 3.63) is 47.3 Å². The Hall–Kier alpha value is -3.20. The number of hydrogen-bond donors (Lipinski definition) is 4. The summed E-state index contributed by atoms with van der Waals surface area (Å²) in [4.78, 5) is 47.1. The molecule has 1 aromatic carbocycles. The second-order valence-electron chi connectivity index (χ2n) is 6.41. The second-order valence-corrected chi connectivity index (χ2v) is 7.36. The predicted octanol–water partition coefficient (Wildman–Crippen LogP) is 1.30. The summed E-state index contributed by atoms with van der Waals surface area (Å²) in [7, 11) is 0. The molecule has 154 valence electrons. The lowest BCUT2D eigenvalue weighted by atomic mass is 10.1. The lowest BCUT2D eigenvalue weighted by Gasteiger charge is -2.17. The Balaban J connectivity index is 1.88. The molecule has 1 aromatic heterocycles. The summed E-state index contributed by atoms with van der Waals surface area (Å²) >= 11 is 1.65. The van der Waals surface area contributed by atoms with E-state index < -0.39 is 23.8 Å². The molecule has 0 unspecified atom stereocenters. The van der Waals surface area contributed by atoms with Crippen molar-refractivity contribution in [3.63, 3.8) is 0 Å². The van der Waals surface area contributed by atoms with Crippen LogP contribution < -0.4 is 16.4 Å². The molecule has 1 heterocycles.